The molecule has 3 nitrogen and oxygen atoms in total. The van der Waals surface area contributed by atoms with Crippen LogP contribution >= 0.6 is 0 Å². The van der Waals surface area contributed by atoms with E-state index in [-0.39, 0.29) is 0 Å². The van der Waals surface area contributed by atoms with E-state index in [2.05, 4.69) is 27.7 Å². The molecule has 43 heavy (non-hydrogen) atoms. The third kappa shape index (κ3) is 19.9. The molecule has 258 valence electrons. The lowest BCUT2D eigenvalue weighted by atomic mass is 9.98. The number of hydrogen-bond donors (Lipinski definition) is 2. The summed E-state index contributed by atoms with van der Waals surface area (Å²) in [6.07, 6.45) is 40.8. The predicted molar refractivity (Wildman–Crippen MR) is 191 cm³/mol. The molecule has 1 rings (SSSR count). The quantitative estimate of drug-likeness (QED) is 0.0589. The number of aliphatic hydroxyl groups excluding tert-OH is 2. The monoisotopic (exact) mass is 609 g/mol. The SMILES string of the molecule is CCCCCCCCCCCCCCCCC(C)[N+]1(C(C)CCCCCCCCCCCCCCCC)CC(O)C(O)C1. The van der Waals surface area contributed by atoms with E-state index in [9.17, 15) is 10.2 Å². The Labute approximate surface area is 272 Å². The molecule has 0 amide bonds. The third-order valence-corrected chi connectivity index (χ3v) is 11.2. The molecule has 0 aromatic heterocycles. The number of nitrogens with zero attached hydrogens (tertiary/aromatic N) is 1. The van der Waals surface area contributed by atoms with Crippen LogP contribution in [0.15, 0.2) is 0 Å². The largest absolute Gasteiger partial charge is 0.384 e. The van der Waals surface area contributed by atoms with Crippen molar-refractivity contribution in [3.63, 3.8) is 0 Å². The highest BCUT2D eigenvalue weighted by Crippen LogP contribution is 2.33. The number of aliphatic hydroxyl groups is 2. The van der Waals surface area contributed by atoms with E-state index in [0.717, 1.165) is 17.6 Å². The summed E-state index contributed by atoms with van der Waals surface area (Å²) in [6.45, 7) is 10.9. The molecule has 1 fully saturated rings. The van der Waals surface area contributed by atoms with Crippen molar-refractivity contribution in [2.45, 2.75) is 245 Å². The minimum absolute atomic E-state index is 0.533. The zero-order valence-electron chi connectivity index (χ0n) is 30.3. The molecule has 0 aromatic carbocycles. The molecule has 1 aliphatic rings. The van der Waals surface area contributed by atoms with Gasteiger partial charge in [0.05, 0.1) is 12.1 Å². The molecule has 1 heterocycles. The molecule has 1 aliphatic heterocycles. The van der Waals surface area contributed by atoms with Gasteiger partial charge in [0.2, 0.25) is 0 Å². The van der Waals surface area contributed by atoms with Crippen molar-refractivity contribution in [2.24, 2.45) is 0 Å². The second-order valence-electron chi connectivity index (χ2n) is 15.1. The molecule has 0 aliphatic carbocycles. The molecule has 2 N–H and O–H groups in total. The second kappa shape index (κ2) is 28.1. The Morgan fingerprint density at radius 3 is 0.837 bits per heavy atom. The van der Waals surface area contributed by atoms with Gasteiger partial charge in [0.1, 0.15) is 25.3 Å². The molecular formula is C40H82NO2+. The first-order valence-corrected chi connectivity index (χ1v) is 20.2. The fourth-order valence-corrected chi connectivity index (χ4v) is 7.95. The predicted octanol–water partition coefficient (Wildman–Crippen LogP) is 12.1. The first-order chi connectivity index (χ1) is 21.0. The van der Waals surface area contributed by atoms with E-state index in [1.165, 1.54) is 193 Å². The van der Waals surface area contributed by atoms with E-state index in [1.54, 1.807) is 0 Å². The van der Waals surface area contributed by atoms with Crippen LogP contribution in [0.2, 0.25) is 0 Å². The lowest BCUT2D eigenvalue weighted by molar-refractivity contribution is -0.962. The lowest BCUT2D eigenvalue weighted by Gasteiger charge is -2.45. The van der Waals surface area contributed by atoms with E-state index in [0.29, 0.717) is 12.1 Å². The van der Waals surface area contributed by atoms with Gasteiger partial charge in [0, 0.05) is 0 Å². The maximum atomic E-state index is 10.6. The Morgan fingerprint density at radius 2 is 0.605 bits per heavy atom. The average Bonchev–Trinajstić information content (AvgIpc) is 3.32. The topological polar surface area (TPSA) is 40.5 Å². The summed E-state index contributed by atoms with van der Waals surface area (Å²) < 4.78 is 0.944. The molecule has 0 bridgehead atoms. The van der Waals surface area contributed by atoms with Crippen LogP contribution < -0.4 is 0 Å². The molecule has 0 saturated carbocycles. The van der Waals surface area contributed by atoms with Crippen molar-refractivity contribution < 1.29 is 14.7 Å². The van der Waals surface area contributed by atoms with Gasteiger partial charge in [0.15, 0.2) is 0 Å². The first kappa shape index (κ1) is 40.9. The minimum Gasteiger partial charge on any atom is -0.384 e. The highest BCUT2D eigenvalue weighted by atomic mass is 16.3. The fourth-order valence-electron chi connectivity index (χ4n) is 7.95. The Hall–Kier alpha value is -0.120. The number of likely N-dealkylation sites (tertiary alicyclic amines) is 1. The normalized spacial score (nSPS) is 21.9. The summed E-state index contributed by atoms with van der Waals surface area (Å²) in [6, 6.07) is 1.07. The van der Waals surface area contributed by atoms with Crippen molar-refractivity contribution in [3.8, 4) is 0 Å². The van der Waals surface area contributed by atoms with E-state index in [4.69, 9.17) is 0 Å². The summed E-state index contributed by atoms with van der Waals surface area (Å²) in [4.78, 5) is 0. The molecule has 0 radical (unpaired) electrons. The van der Waals surface area contributed by atoms with Crippen LogP contribution in [0.3, 0.4) is 0 Å². The third-order valence-electron chi connectivity index (χ3n) is 11.2. The maximum Gasteiger partial charge on any atom is 0.134 e. The number of rotatable bonds is 32. The average molecular weight is 609 g/mol. The van der Waals surface area contributed by atoms with Gasteiger partial charge >= 0.3 is 0 Å². The van der Waals surface area contributed by atoms with E-state index < -0.39 is 12.2 Å². The summed E-state index contributed by atoms with van der Waals surface area (Å²) in [5.41, 5.74) is 0. The Kier molecular flexibility index (Phi) is 26.8. The highest BCUT2D eigenvalue weighted by Gasteiger charge is 2.49. The standard InChI is InChI=1S/C40H82NO2/c1-5-7-9-11-13-15-17-19-21-23-25-27-29-31-33-37(3)41(35-39(42)40(43)36-41)38(4)34-32-30-28-26-24-22-20-18-16-14-12-10-8-6-2/h37-40,42-43H,5-36H2,1-4H3/q+1. The first-order valence-electron chi connectivity index (χ1n) is 20.2. The highest BCUT2D eigenvalue weighted by molar-refractivity contribution is 4.79. The summed E-state index contributed by atoms with van der Waals surface area (Å²) in [7, 11) is 0. The molecule has 4 unspecified atom stereocenters. The van der Waals surface area contributed by atoms with Gasteiger partial charge in [-0.15, -0.1) is 0 Å². The van der Waals surface area contributed by atoms with Gasteiger partial charge < -0.3 is 14.7 Å². The van der Waals surface area contributed by atoms with Crippen LogP contribution in [0.25, 0.3) is 0 Å². The van der Waals surface area contributed by atoms with Crippen molar-refractivity contribution in [3.05, 3.63) is 0 Å². The van der Waals surface area contributed by atoms with Crippen LogP contribution in [0.5, 0.6) is 0 Å². The van der Waals surface area contributed by atoms with E-state index in [1.807, 2.05) is 0 Å². The molecular weight excluding hydrogens is 526 g/mol. The van der Waals surface area contributed by atoms with Gasteiger partial charge in [-0.3, -0.25) is 0 Å². The van der Waals surface area contributed by atoms with Gasteiger partial charge in [0.25, 0.3) is 0 Å². The number of quaternary nitrogens is 1. The summed E-state index contributed by atoms with van der Waals surface area (Å²) in [5.74, 6) is 0. The Bertz CT molecular complexity index is 531. The molecule has 4 atom stereocenters. The van der Waals surface area contributed by atoms with Crippen molar-refractivity contribution in [2.75, 3.05) is 13.1 Å². The van der Waals surface area contributed by atoms with Crippen molar-refractivity contribution in [1.82, 2.24) is 0 Å². The molecule has 3 heteroatoms. The van der Waals surface area contributed by atoms with Gasteiger partial charge in [-0.2, -0.15) is 0 Å². The Balaban J connectivity index is 2.13. The van der Waals surface area contributed by atoms with Gasteiger partial charge in [-0.05, 0) is 39.5 Å². The van der Waals surface area contributed by atoms with Crippen LogP contribution in [0.1, 0.15) is 220 Å². The van der Waals surface area contributed by atoms with Gasteiger partial charge in [-0.25, -0.2) is 0 Å². The smallest absolute Gasteiger partial charge is 0.134 e. The van der Waals surface area contributed by atoms with E-state index >= 15 is 0 Å². The lowest BCUT2D eigenvalue weighted by Crippen LogP contribution is -2.58. The Morgan fingerprint density at radius 1 is 0.395 bits per heavy atom. The minimum atomic E-state index is -0.544. The number of unbranched alkanes of at least 4 members (excludes halogenated alkanes) is 26. The summed E-state index contributed by atoms with van der Waals surface area (Å²) in [5, 5.41) is 21.1. The van der Waals surface area contributed by atoms with Crippen LogP contribution in [0, 0.1) is 0 Å². The molecule has 0 spiro atoms. The zero-order valence-corrected chi connectivity index (χ0v) is 30.3. The van der Waals surface area contributed by atoms with Crippen molar-refractivity contribution >= 4 is 0 Å². The van der Waals surface area contributed by atoms with Crippen molar-refractivity contribution in [1.29, 1.82) is 0 Å². The number of hydrogen-bond acceptors (Lipinski definition) is 2. The molecule has 0 aromatic rings. The van der Waals surface area contributed by atoms with Crippen LogP contribution in [0.4, 0.5) is 0 Å². The van der Waals surface area contributed by atoms with Gasteiger partial charge in [-0.1, -0.05) is 181 Å². The fraction of sp³-hybridized carbons (Fsp3) is 1.00. The second-order valence-corrected chi connectivity index (χ2v) is 15.1. The zero-order chi connectivity index (χ0) is 31.4. The maximum absolute atomic E-state index is 10.6. The van der Waals surface area contributed by atoms with Crippen LogP contribution in [-0.4, -0.2) is 52.1 Å². The molecule has 1 saturated heterocycles. The van der Waals surface area contributed by atoms with Crippen LogP contribution in [-0.2, 0) is 0 Å². The summed E-state index contributed by atoms with van der Waals surface area (Å²) >= 11 is 0.